The number of aliphatic carboxylic acids is 1. The first-order chi connectivity index (χ1) is 9.99. The van der Waals surface area contributed by atoms with Gasteiger partial charge in [0.25, 0.3) is 0 Å². The third kappa shape index (κ3) is 3.84. The van der Waals surface area contributed by atoms with Crippen molar-refractivity contribution >= 4 is 17.9 Å². The van der Waals surface area contributed by atoms with Gasteiger partial charge in [-0.2, -0.15) is 0 Å². The van der Waals surface area contributed by atoms with Crippen LogP contribution in [0.15, 0.2) is 0 Å². The molecule has 2 saturated heterocycles. The molecule has 21 heavy (non-hydrogen) atoms. The number of nitrogens with one attached hydrogen (secondary N) is 2. The number of hydrogen-bond donors (Lipinski definition) is 3. The van der Waals surface area contributed by atoms with E-state index in [0.29, 0.717) is 6.54 Å². The number of likely N-dealkylation sites (tertiary alicyclic amines) is 1. The van der Waals surface area contributed by atoms with Crippen LogP contribution in [0.5, 0.6) is 0 Å². The van der Waals surface area contributed by atoms with E-state index in [0.717, 1.165) is 30.7 Å². The molecule has 0 radical (unpaired) electrons. The van der Waals surface area contributed by atoms with Crippen LogP contribution in [0, 0.1) is 0 Å². The second-order valence-electron chi connectivity index (χ2n) is 5.60. The van der Waals surface area contributed by atoms with Crippen molar-refractivity contribution in [3.8, 4) is 0 Å². The van der Waals surface area contributed by atoms with Crippen molar-refractivity contribution in [1.82, 2.24) is 20.4 Å². The number of hydrogen-bond acceptors (Lipinski definition) is 4. The van der Waals surface area contributed by atoms with Gasteiger partial charge in [-0.15, -0.1) is 0 Å². The first-order valence-corrected chi connectivity index (χ1v) is 7.23. The van der Waals surface area contributed by atoms with Gasteiger partial charge in [0.15, 0.2) is 0 Å². The van der Waals surface area contributed by atoms with E-state index in [9.17, 15) is 14.4 Å². The Hall–Kier alpha value is -1.83. The van der Waals surface area contributed by atoms with Crippen molar-refractivity contribution in [3.05, 3.63) is 0 Å². The van der Waals surface area contributed by atoms with Crippen molar-refractivity contribution in [2.75, 3.05) is 33.2 Å². The third-order valence-electron chi connectivity index (χ3n) is 4.14. The maximum absolute atomic E-state index is 12.2. The smallest absolute Gasteiger partial charge is 0.328 e. The van der Waals surface area contributed by atoms with Gasteiger partial charge in [-0.1, -0.05) is 6.42 Å². The maximum Gasteiger partial charge on any atom is 0.328 e. The van der Waals surface area contributed by atoms with Crippen LogP contribution in [0.4, 0.5) is 4.79 Å². The van der Waals surface area contributed by atoms with E-state index in [1.54, 1.807) is 0 Å². The van der Waals surface area contributed by atoms with Crippen molar-refractivity contribution in [2.24, 2.45) is 0 Å². The molecule has 0 spiro atoms. The summed E-state index contributed by atoms with van der Waals surface area (Å²) in [6, 6.07) is -1.23. The van der Waals surface area contributed by atoms with Gasteiger partial charge in [-0.05, 0) is 26.4 Å². The molecule has 2 aliphatic rings. The van der Waals surface area contributed by atoms with Crippen LogP contribution in [-0.4, -0.2) is 78.1 Å². The number of piperazine rings is 1. The fraction of sp³-hybridized carbons (Fsp3) is 0.769. The number of carbonyl (C=O) groups is 3. The van der Waals surface area contributed by atoms with Gasteiger partial charge >= 0.3 is 12.0 Å². The second kappa shape index (κ2) is 6.75. The molecule has 0 saturated carbocycles. The number of carboxylic acids is 1. The van der Waals surface area contributed by atoms with E-state index in [1.165, 1.54) is 0 Å². The first-order valence-electron chi connectivity index (χ1n) is 7.23. The monoisotopic (exact) mass is 298 g/mol. The lowest BCUT2D eigenvalue weighted by Crippen LogP contribution is -2.62. The van der Waals surface area contributed by atoms with Crippen molar-refractivity contribution in [1.29, 1.82) is 0 Å². The number of rotatable bonds is 3. The van der Waals surface area contributed by atoms with Crippen LogP contribution >= 0.6 is 0 Å². The van der Waals surface area contributed by atoms with Gasteiger partial charge in [0, 0.05) is 19.1 Å². The maximum atomic E-state index is 12.2. The van der Waals surface area contributed by atoms with Crippen LogP contribution in [0.25, 0.3) is 0 Å². The Morgan fingerprint density at radius 1 is 1.43 bits per heavy atom. The lowest BCUT2D eigenvalue weighted by molar-refractivity contribution is -0.144. The summed E-state index contributed by atoms with van der Waals surface area (Å²) in [5, 5.41) is 14.3. The van der Waals surface area contributed by atoms with E-state index in [2.05, 4.69) is 15.5 Å². The Balaban J connectivity index is 1.90. The lowest BCUT2D eigenvalue weighted by Gasteiger charge is -2.35. The summed E-state index contributed by atoms with van der Waals surface area (Å²) in [4.78, 5) is 38.0. The number of carboxylic acid groups (broad SMARTS) is 1. The summed E-state index contributed by atoms with van der Waals surface area (Å²) < 4.78 is 0. The SMILES string of the molecule is CN1CCCCC1CNC(=O)N1CC(=O)NCC1C(=O)O. The zero-order chi connectivity index (χ0) is 15.4. The van der Waals surface area contributed by atoms with Crippen molar-refractivity contribution in [3.63, 3.8) is 0 Å². The van der Waals surface area contributed by atoms with Crippen LogP contribution < -0.4 is 10.6 Å². The van der Waals surface area contributed by atoms with Crippen molar-refractivity contribution < 1.29 is 19.5 Å². The van der Waals surface area contributed by atoms with E-state index < -0.39 is 18.0 Å². The Morgan fingerprint density at radius 3 is 2.86 bits per heavy atom. The lowest BCUT2D eigenvalue weighted by atomic mass is 10.0. The molecule has 3 N–H and O–H groups in total. The highest BCUT2D eigenvalue weighted by molar-refractivity contribution is 5.90. The number of piperidine rings is 1. The summed E-state index contributed by atoms with van der Waals surface area (Å²) in [5.74, 6) is -1.45. The first kappa shape index (κ1) is 15.6. The van der Waals surface area contributed by atoms with Gasteiger partial charge in [0.2, 0.25) is 5.91 Å². The quantitative estimate of drug-likeness (QED) is 0.624. The molecule has 2 rings (SSSR count). The number of likely N-dealkylation sites (N-methyl/N-ethyl adjacent to an activating group) is 1. The molecular formula is C13H22N4O4. The molecule has 2 aliphatic heterocycles. The highest BCUT2D eigenvalue weighted by Gasteiger charge is 2.35. The highest BCUT2D eigenvalue weighted by Crippen LogP contribution is 2.14. The van der Waals surface area contributed by atoms with Gasteiger partial charge in [0.05, 0.1) is 0 Å². The van der Waals surface area contributed by atoms with E-state index >= 15 is 0 Å². The van der Waals surface area contributed by atoms with Crippen molar-refractivity contribution in [2.45, 2.75) is 31.3 Å². The largest absolute Gasteiger partial charge is 0.480 e. The molecular weight excluding hydrogens is 276 g/mol. The predicted octanol–water partition coefficient (Wildman–Crippen LogP) is -0.935. The zero-order valence-electron chi connectivity index (χ0n) is 12.2. The van der Waals surface area contributed by atoms with Gasteiger partial charge in [-0.25, -0.2) is 9.59 Å². The van der Waals surface area contributed by atoms with Crippen LogP contribution in [0.3, 0.4) is 0 Å². The topological polar surface area (TPSA) is 102 Å². The van der Waals surface area contributed by atoms with Crippen LogP contribution in [0.2, 0.25) is 0 Å². The molecule has 8 heteroatoms. The molecule has 0 aromatic carbocycles. The molecule has 3 amide bonds. The number of nitrogens with zero attached hydrogens (tertiary/aromatic N) is 2. The molecule has 0 bridgehead atoms. The van der Waals surface area contributed by atoms with E-state index in [4.69, 9.17) is 5.11 Å². The fourth-order valence-corrected chi connectivity index (χ4v) is 2.78. The molecule has 2 atom stereocenters. The fourth-order valence-electron chi connectivity index (χ4n) is 2.78. The molecule has 118 valence electrons. The standard InChI is InChI=1S/C13H22N4O4/c1-16-5-3-2-4-9(16)6-15-13(21)17-8-11(18)14-7-10(17)12(19)20/h9-10H,2-8H2,1H3,(H,14,18)(H,15,21)(H,19,20). The number of carbonyl (C=O) groups excluding carboxylic acids is 2. The minimum atomic E-state index is -1.11. The Labute approximate surface area is 123 Å². The van der Waals surface area contributed by atoms with E-state index in [-0.39, 0.29) is 25.0 Å². The molecule has 0 aliphatic carbocycles. The summed E-state index contributed by atoms with van der Waals surface area (Å²) in [6.07, 6.45) is 3.31. The normalized spacial score (nSPS) is 27.1. The van der Waals surface area contributed by atoms with Gasteiger partial charge in [-0.3, -0.25) is 9.69 Å². The minimum Gasteiger partial charge on any atom is -0.480 e. The molecule has 0 aromatic rings. The highest BCUT2D eigenvalue weighted by atomic mass is 16.4. The molecule has 8 nitrogen and oxygen atoms in total. The summed E-state index contributed by atoms with van der Waals surface area (Å²) in [5.41, 5.74) is 0. The van der Waals surface area contributed by atoms with Crippen LogP contribution in [-0.2, 0) is 9.59 Å². The van der Waals surface area contributed by atoms with Gasteiger partial charge in [0.1, 0.15) is 12.6 Å². The molecule has 2 fully saturated rings. The molecule has 2 heterocycles. The Morgan fingerprint density at radius 2 is 2.19 bits per heavy atom. The predicted molar refractivity (Wildman–Crippen MR) is 74.8 cm³/mol. The Bertz CT molecular complexity index is 428. The summed E-state index contributed by atoms with van der Waals surface area (Å²) >= 11 is 0. The minimum absolute atomic E-state index is 0.0507. The van der Waals surface area contributed by atoms with Crippen LogP contribution in [0.1, 0.15) is 19.3 Å². The third-order valence-corrected chi connectivity index (χ3v) is 4.14. The van der Waals surface area contributed by atoms with Gasteiger partial charge < -0.3 is 20.6 Å². The molecule has 2 unspecified atom stereocenters. The molecule has 0 aromatic heterocycles. The average molecular weight is 298 g/mol. The average Bonchev–Trinajstić information content (AvgIpc) is 2.45. The number of urea groups is 1. The number of amides is 3. The summed E-state index contributed by atoms with van der Waals surface area (Å²) in [6.45, 7) is 1.21. The zero-order valence-corrected chi connectivity index (χ0v) is 12.2. The Kier molecular flexibility index (Phi) is 5.00. The summed E-state index contributed by atoms with van der Waals surface area (Å²) in [7, 11) is 2.02. The van der Waals surface area contributed by atoms with E-state index in [1.807, 2.05) is 7.05 Å². The second-order valence-corrected chi connectivity index (χ2v) is 5.60.